The predicted octanol–water partition coefficient (Wildman–Crippen LogP) is 3.92. The van der Waals surface area contributed by atoms with Gasteiger partial charge in [0.25, 0.3) is 5.89 Å². The molecule has 1 saturated heterocycles. The smallest absolute Gasteiger partial charge is 0.257 e. The van der Waals surface area contributed by atoms with E-state index in [4.69, 9.17) is 21.4 Å². The number of hydrogen-bond acceptors (Lipinski definition) is 5. The fourth-order valence-electron chi connectivity index (χ4n) is 3.02. The molecule has 1 aromatic heterocycles. The molecule has 0 saturated carbocycles. The number of nitrogens with zero attached hydrogens (tertiary/aromatic N) is 4. The minimum Gasteiger partial charge on any atom is -0.334 e. The molecule has 0 aliphatic carbocycles. The standard InChI is InChI=1S/C19H12ClFN4O2/c20-14-5-6-16(15(21)8-14)25-10-13(7-17(25)26)18-23-19(27-24-18)12-3-1-11(9-22)2-4-12/h1-6,8,13H,7,10H2. The van der Waals surface area contributed by atoms with Crippen LogP contribution in [0, 0.1) is 17.1 Å². The van der Waals surface area contributed by atoms with Crippen molar-refractivity contribution < 1.29 is 13.7 Å². The van der Waals surface area contributed by atoms with Crippen LogP contribution in [0.3, 0.4) is 0 Å². The highest BCUT2D eigenvalue weighted by atomic mass is 35.5. The van der Waals surface area contributed by atoms with Crippen molar-refractivity contribution >= 4 is 23.2 Å². The van der Waals surface area contributed by atoms with E-state index >= 15 is 0 Å². The van der Waals surface area contributed by atoms with Crippen LogP contribution >= 0.6 is 11.6 Å². The molecule has 1 amide bonds. The van der Waals surface area contributed by atoms with Crippen molar-refractivity contribution in [2.45, 2.75) is 12.3 Å². The minimum atomic E-state index is -0.553. The first-order chi connectivity index (χ1) is 13.0. The second-order valence-corrected chi connectivity index (χ2v) is 6.58. The highest BCUT2D eigenvalue weighted by Crippen LogP contribution is 2.33. The lowest BCUT2D eigenvalue weighted by Crippen LogP contribution is -2.25. The van der Waals surface area contributed by atoms with E-state index in [1.54, 1.807) is 24.3 Å². The molecule has 0 spiro atoms. The summed E-state index contributed by atoms with van der Waals surface area (Å²) >= 11 is 5.77. The lowest BCUT2D eigenvalue weighted by molar-refractivity contribution is -0.117. The van der Waals surface area contributed by atoms with Gasteiger partial charge < -0.3 is 9.42 Å². The Labute approximate surface area is 158 Å². The molecule has 0 N–H and O–H groups in total. The monoisotopic (exact) mass is 382 g/mol. The molecule has 27 heavy (non-hydrogen) atoms. The molecular formula is C19H12ClFN4O2. The molecule has 4 rings (SSSR count). The summed E-state index contributed by atoms with van der Waals surface area (Å²) in [6.07, 6.45) is 0.161. The van der Waals surface area contributed by atoms with Crippen LogP contribution in [0.5, 0.6) is 0 Å². The zero-order chi connectivity index (χ0) is 19.0. The lowest BCUT2D eigenvalue weighted by atomic mass is 10.1. The maximum atomic E-state index is 14.1. The summed E-state index contributed by atoms with van der Waals surface area (Å²) in [7, 11) is 0. The average Bonchev–Trinajstić information content (AvgIpc) is 3.29. The van der Waals surface area contributed by atoms with E-state index in [2.05, 4.69) is 10.1 Å². The summed E-state index contributed by atoms with van der Waals surface area (Å²) in [4.78, 5) is 18.1. The van der Waals surface area contributed by atoms with Crippen LogP contribution in [0.25, 0.3) is 11.5 Å². The Morgan fingerprint density at radius 1 is 1.26 bits per heavy atom. The number of benzene rings is 2. The zero-order valence-electron chi connectivity index (χ0n) is 13.9. The second-order valence-electron chi connectivity index (χ2n) is 6.15. The Kier molecular flexibility index (Phi) is 4.34. The number of hydrogen-bond donors (Lipinski definition) is 0. The Balaban J connectivity index is 1.56. The van der Waals surface area contributed by atoms with Crippen LogP contribution in [0.15, 0.2) is 47.0 Å². The molecule has 1 aliphatic rings. The molecule has 1 unspecified atom stereocenters. The van der Waals surface area contributed by atoms with Gasteiger partial charge in [0.1, 0.15) is 5.82 Å². The van der Waals surface area contributed by atoms with E-state index in [-0.39, 0.29) is 35.5 Å². The molecule has 0 radical (unpaired) electrons. The molecule has 2 aromatic carbocycles. The van der Waals surface area contributed by atoms with Crippen molar-refractivity contribution in [1.29, 1.82) is 5.26 Å². The number of anilines is 1. The summed E-state index contributed by atoms with van der Waals surface area (Å²) in [5, 5.41) is 13.1. The number of carbonyl (C=O) groups excluding carboxylic acids is 1. The first-order valence-corrected chi connectivity index (χ1v) is 8.52. The molecule has 134 valence electrons. The van der Waals surface area contributed by atoms with E-state index in [0.717, 1.165) is 0 Å². The molecule has 0 bridgehead atoms. The summed E-state index contributed by atoms with van der Waals surface area (Å²) < 4.78 is 19.4. The van der Waals surface area contributed by atoms with Crippen LogP contribution in [-0.4, -0.2) is 22.6 Å². The van der Waals surface area contributed by atoms with Crippen molar-refractivity contribution in [3.8, 4) is 17.5 Å². The van der Waals surface area contributed by atoms with Crippen molar-refractivity contribution in [3.05, 3.63) is 64.7 Å². The normalized spacial score (nSPS) is 16.6. The number of carbonyl (C=O) groups is 1. The highest BCUT2D eigenvalue weighted by molar-refractivity contribution is 6.30. The van der Waals surface area contributed by atoms with Crippen molar-refractivity contribution in [2.24, 2.45) is 0 Å². The zero-order valence-corrected chi connectivity index (χ0v) is 14.7. The van der Waals surface area contributed by atoms with E-state index < -0.39 is 5.82 Å². The molecule has 1 atom stereocenters. The van der Waals surface area contributed by atoms with Crippen molar-refractivity contribution in [2.75, 3.05) is 11.4 Å². The number of aromatic nitrogens is 2. The molecule has 8 heteroatoms. The van der Waals surface area contributed by atoms with Gasteiger partial charge in [-0.25, -0.2) is 4.39 Å². The largest absolute Gasteiger partial charge is 0.334 e. The number of halogens is 2. The lowest BCUT2D eigenvalue weighted by Gasteiger charge is -2.17. The molecule has 1 fully saturated rings. The number of rotatable bonds is 3. The van der Waals surface area contributed by atoms with Crippen molar-refractivity contribution in [3.63, 3.8) is 0 Å². The quantitative estimate of drug-likeness (QED) is 0.685. The van der Waals surface area contributed by atoms with E-state index in [1.165, 1.54) is 23.1 Å². The summed E-state index contributed by atoms with van der Waals surface area (Å²) in [5.74, 6) is -0.380. The van der Waals surface area contributed by atoms with Crippen LogP contribution in [0.4, 0.5) is 10.1 Å². The SMILES string of the molecule is N#Cc1ccc(-c2nc(C3CC(=O)N(c4ccc(Cl)cc4F)C3)no2)cc1. The van der Waals surface area contributed by atoms with Gasteiger partial charge in [-0.3, -0.25) is 4.79 Å². The van der Waals surface area contributed by atoms with Gasteiger partial charge in [0.15, 0.2) is 5.82 Å². The molecule has 6 nitrogen and oxygen atoms in total. The molecule has 2 heterocycles. The van der Waals surface area contributed by atoms with Gasteiger partial charge in [0.2, 0.25) is 5.91 Å². The van der Waals surface area contributed by atoms with Crippen LogP contribution in [-0.2, 0) is 4.79 Å². The van der Waals surface area contributed by atoms with Crippen LogP contribution in [0.2, 0.25) is 5.02 Å². The topological polar surface area (TPSA) is 83.0 Å². The van der Waals surface area contributed by atoms with E-state index in [0.29, 0.717) is 22.8 Å². The van der Waals surface area contributed by atoms with Gasteiger partial charge in [0.05, 0.1) is 17.3 Å². The maximum absolute atomic E-state index is 14.1. The predicted molar refractivity (Wildman–Crippen MR) is 95.6 cm³/mol. The number of nitriles is 1. The molecule has 1 aliphatic heterocycles. The van der Waals surface area contributed by atoms with Crippen LogP contribution in [0.1, 0.15) is 23.7 Å². The van der Waals surface area contributed by atoms with Gasteiger partial charge in [0, 0.05) is 29.5 Å². The van der Waals surface area contributed by atoms with Gasteiger partial charge in [-0.05, 0) is 42.5 Å². The fraction of sp³-hybridized carbons (Fsp3) is 0.158. The van der Waals surface area contributed by atoms with E-state index in [1.807, 2.05) is 6.07 Å². The minimum absolute atomic E-state index is 0.161. The van der Waals surface area contributed by atoms with Gasteiger partial charge in [-0.1, -0.05) is 16.8 Å². The second kappa shape index (κ2) is 6.82. The van der Waals surface area contributed by atoms with Crippen LogP contribution < -0.4 is 4.90 Å². The Hall–Kier alpha value is -3.24. The van der Waals surface area contributed by atoms with Gasteiger partial charge in [-0.15, -0.1) is 0 Å². The first-order valence-electron chi connectivity index (χ1n) is 8.14. The summed E-state index contributed by atoms with van der Waals surface area (Å²) in [6.45, 7) is 0.254. The third-order valence-corrected chi connectivity index (χ3v) is 4.63. The fourth-order valence-corrected chi connectivity index (χ4v) is 3.18. The summed E-state index contributed by atoms with van der Waals surface area (Å²) in [6, 6.07) is 13.0. The van der Waals surface area contributed by atoms with Gasteiger partial charge >= 0.3 is 0 Å². The Morgan fingerprint density at radius 2 is 2.04 bits per heavy atom. The Morgan fingerprint density at radius 3 is 2.74 bits per heavy atom. The third kappa shape index (κ3) is 3.27. The summed E-state index contributed by atoms with van der Waals surface area (Å²) in [5.41, 5.74) is 1.39. The molecular weight excluding hydrogens is 371 g/mol. The highest BCUT2D eigenvalue weighted by Gasteiger charge is 2.35. The third-order valence-electron chi connectivity index (χ3n) is 4.39. The Bertz CT molecular complexity index is 1060. The van der Waals surface area contributed by atoms with E-state index in [9.17, 15) is 9.18 Å². The first kappa shape index (κ1) is 17.2. The molecule has 3 aromatic rings. The van der Waals surface area contributed by atoms with Crippen molar-refractivity contribution in [1.82, 2.24) is 10.1 Å². The number of amides is 1. The van der Waals surface area contributed by atoms with Gasteiger partial charge in [-0.2, -0.15) is 10.2 Å². The average molecular weight is 383 g/mol. The maximum Gasteiger partial charge on any atom is 0.257 e.